The van der Waals surface area contributed by atoms with Crippen LogP contribution in [0.5, 0.6) is 0 Å². The van der Waals surface area contributed by atoms with Crippen LogP contribution in [0.15, 0.2) is 48.2 Å². The summed E-state index contributed by atoms with van der Waals surface area (Å²) in [6, 6.07) is 13.2. The van der Waals surface area contributed by atoms with Gasteiger partial charge in [0.15, 0.2) is 0 Å². The molecule has 0 fully saturated rings. The number of imide groups is 1. The van der Waals surface area contributed by atoms with Gasteiger partial charge in [-0.3, -0.25) is 9.59 Å². The number of aryl methyl sites for hydroxylation is 3. The summed E-state index contributed by atoms with van der Waals surface area (Å²) in [6.07, 6.45) is 0. The molecule has 0 aromatic heterocycles. The SMILES string of the molecule is Cc1ccc(C2=C(N(C)CCO)C(=O)N(c3cc(C)cc(C)c3)C2=O)cc1. The highest BCUT2D eigenvalue weighted by molar-refractivity contribution is 6.45. The first-order chi connectivity index (χ1) is 12.8. The molecule has 0 aliphatic carbocycles. The van der Waals surface area contributed by atoms with Gasteiger partial charge in [-0.25, -0.2) is 4.90 Å². The van der Waals surface area contributed by atoms with E-state index in [0.29, 0.717) is 22.5 Å². The van der Waals surface area contributed by atoms with Crippen LogP contribution in [0.4, 0.5) is 5.69 Å². The fraction of sp³-hybridized carbons (Fsp3) is 0.273. The van der Waals surface area contributed by atoms with Crippen LogP contribution < -0.4 is 4.90 Å². The minimum absolute atomic E-state index is 0.105. The molecule has 2 aromatic carbocycles. The van der Waals surface area contributed by atoms with Crippen molar-refractivity contribution in [2.24, 2.45) is 0 Å². The van der Waals surface area contributed by atoms with Gasteiger partial charge in [-0.1, -0.05) is 35.9 Å². The number of carbonyl (C=O) groups excluding carboxylic acids is 2. The number of aliphatic hydroxyl groups excluding tert-OH is 1. The summed E-state index contributed by atoms with van der Waals surface area (Å²) in [5.74, 6) is -0.704. The lowest BCUT2D eigenvalue weighted by atomic mass is 10.0. The monoisotopic (exact) mass is 364 g/mol. The molecule has 0 bridgehead atoms. The first-order valence-corrected chi connectivity index (χ1v) is 8.94. The van der Waals surface area contributed by atoms with Gasteiger partial charge >= 0.3 is 0 Å². The molecular formula is C22H24N2O3. The van der Waals surface area contributed by atoms with Gasteiger partial charge < -0.3 is 10.0 Å². The first kappa shape index (κ1) is 18.9. The largest absolute Gasteiger partial charge is 0.395 e. The zero-order chi connectivity index (χ0) is 19.7. The minimum Gasteiger partial charge on any atom is -0.395 e. The maximum Gasteiger partial charge on any atom is 0.282 e. The van der Waals surface area contributed by atoms with Gasteiger partial charge in [0.25, 0.3) is 11.8 Å². The maximum atomic E-state index is 13.3. The van der Waals surface area contributed by atoms with Crippen LogP contribution in [0.1, 0.15) is 22.3 Å². The topological polar surface area (TPSA) is 60.9 Å². The number of nitrogens with zero attached hydrogens (tertiary/aromatic N) is 2. The zero-order valence-electron chi connectivity index (χ0n) is 16.1. The summed E-state index contributed by atoms with van der Waals surface area (Å²) >= 11 is 0. The Morgan fingerprint density at radius 2 is 1.48 bits per heavy atom. The van der Waals surface area contributed by atoms with E-state index in [4.69, 9.17) is 0 Å². The molecule has 27 heavy (non-hydrogen) atoms. The van der Waals surface area contributed by atoms with Crippen molar-refractivity contribution in [3.05, 3.63) is 70.4 Å². The molecule has 0 spiro atoms. The molecule has 2 amide bonds. The number of hydrogen-bond acceptors (Lipinski definition) is 4. The molecule has 2 aromatic rings. The Kier molecular flexibility index (Phi) is 5.15. The third-order valence-electron chi connectivity index (χ3n) is 4.68. The molecule has 0 saturated heterocycles. The Labute approximate surface area is 159 Å². The summed E-state index contributed by atoms with van der Waals surface area (Å²) < 4.78 is 0. The van der Waals surface area contributed by atoms with Gasteiger partial charge in [-0.05, 0) is 49.6 Å². The van der Waals surface area contributed by atoms with Crippen molar-refractivity contribution in [3.63, 3.8) is 0 Å². The van der Waals surface area contributed by atoms with Crippen molar-refractivity contribution < 1.29 is 14.7 Å². The Bertz CT molecular complexity index is 909. The molecule has 0 unspecified atom stereocenters. The quantitative estimate of drug-likeness (QED) is 0.829. The van der Waals surface area contributed by atoms with E-state index in [1.807, 2.05) is 63.2 Å². The third-order valence-corrected chi connectivity index (χ3v) is 4.68. The average molecular weight is 364 g/mol. The Balaban J connectivity index is 2.14. The van der Waals surface area contributed by atoms with E-state index in [2.05, 4.69) is 0 Å². The summed E-state index contributed by atoms with van der Waals surface area (Å²) in [6.45, 7) is 6.01. The standard InChI is InChI=1S/C22H24N2O3/c1-14-5-7-17(8-6-14)19-20(23(4)9-10-25)22(27)24(21(19)26)18-12-15(2)11-16(3)13-18/h5-8,11-13,25H,9-10H2,1-4H3. The van der Waals surface area contributed by atoms with Crippen LogP contribution >= 0.6 is 0 Å². The Morgan fingerprint density at radius 1 is 0.889 bits per heavy atom. The molecule has 140 valence electrons. The zero-order valence-corrected chi connectivity index (χ0v) is 16.1. The molecule has 0 radical (unpaired) electrons. The van der Waals surface area contributed by atoms with E-state index in [0.717, 1.165) is 16.7 Å². The predicted octanol–water partition coefficient (Wildman–Crippen LogP) is 2.82. The van der Waals surface area contributed by atoms with Gasteiger partial charge in [-0.2, -0.15) is 0 Å². The highest BCUT2D eigenvalue weighted by Crippen LogP contribution is 2.35. The predicted molar refractivity (Wildman–Crippen MR) is 106 cm³/mol. The molecule has 5 heteroatoms. The van der Waals surface area contributed by atoms with Crippen LogP contribution in [-0.2, 0) is 9.59 Å². The first-order valence-electron chi connectivity index (χ1n) is 8.94. The highest BCUT2D eigenvalue weighted by atomic mass is 16.3. The summed E-state index contributed by atoms with van der Waals surface area (Å²) in [4.78, 5) is 29.4. The van der Waals surface area contributed by atoms with Gasteiger partial charge in [0.1, 0.15) is 5.70 Å². The normalized spacial score (nSPS) is 14.3. The van der Waals surface area contributed by atoms with Gasteiger partial charge in [0, 0.05) is 13.6 Å². The van der Waals surface area contributed by atoms with Crippen LogP contribution in [0.2, 0.25) is 0 Å². The Hall–Kier alpha value is -2.92. The van der Waals surface area contributed by atoms with Gasteiger partial charge in [0.05, 0.1) is 17.9 Å². The number of amides is 2. The van der Waals surface area contributed by atoms with Crippen molar-refractivity contribution in [2.75, 3.05) is 25.1 Å². The fourth-order valence-electron chi connectivity index (χ4n) is 3.43. The lowest BCUT2D eigenvalue weighted by Gasteiger charge is -2.21. The van der Waals surface area contributed by atoms with Crippen molar-refractivity contribution in [3.8, 4) is 0 Å². The number of aliphatic hydroxyl groups is 1. The second-order valence-corrected chi connectivity index (χ2v) is 7.03. The lowest BCUT2D eigenvalue weighted by molar-refractivity contribution is -0.120. The number of rotatable bonds is 5. The van der Waals surface area contributed by atoms with Crippen LogP contribution in [0.25, 0.3) is 5.57 Å². The third kappa shape index (κ3) is 3.51. The van der Waals surface area contributed by atoms with Crippen molar-refractivity contribution in [2.45, 2.75) is 20.8 Å². The molecule has 1 aliphatic heterocycles. The van der Waals surface area contributed by atoms with E-state index in [-0.39, 0.29) is 25.0 Å². The van der Waals surface area contributed by atoms with Gasteiger partial charge in [0.2, 0.25) is 0 Å². The van der Waals surface area contributed by atoms with Crippen molar-refractivity contribution in [1.29, 1.82) is 0 Å². The smallest absolute Gasteiger partial charge is 0.282 e. The summed E-state index contributed by atoms with van der Waals surface area (Å²) in [5.41, 5.74) is 5.00. The maximum absolute atomic E-state index is 13.3. The average Bonchev–Trinajstić information content (AvgIpc) is 2.85. The number of hydrogen-bond donors (Lipinski definition) is 1. The molecule has 5 nitrogen and oxygen atoms in total. The van der Waals surface area contributed by atoms with E-state index in [9.17, 15) is 14.7 Å². The van der Waals surface area contributed by atoms with E-state index in [1.54, 1.807) is 11.9 Å². The van der Waals surface area contributed by atoms with E-state index >= 15 is 0 Å². The molecule has 1 N–H and O–H groups in total. The van der Waals surface area contributed by atoms with Crippen LogP contribution in [-0.4, -0.2) is 42.0 Å². The van der Waals surface area contributed by atoms with E-state index < -0.39 is 0 Å². The number of likely N-dealkylation sites (N-methyl/N-ethyl adjacent to an activating group) is 1. The lowest BCUT2D eigenvalue weighted by Crippen LogP contribution is -2.35. The van der Waals surface area contributed by atoms with Crippen LogP contribution in [0.3, 0.4) is 0 Å². The summed E-state index contributed by atoms with van der Waals surface area (Å²) in [5, 5.41) is 9.32. The summed E-state index contributed by atoms with van der Waals surface area (Å²) in [7, 11) is 1.72. The molecular weight excluding hydrogens is 340 g/mol. The number of anilines is 1. The second kappa shape index (κ2) is 7.37. The Morgan fingerprint density at radius 3 is 2.04 bits per heavy atom. The van der Waals surface area contributed by atoms with Crippen LogP contribution in [0, 0.1) is 20.8 Å². The van der Waals surface area contributed by atoms with Crippen molar-refractivity contribution >= 4 is 23.1 Å². The van der Waals surface area contributed by atoms with Gasteiger partial charge in [-0.15, -0.1) is 0 Å². The minimum atomic E-state index is -0.364. The number of carbonyl (C=O) groups is 2. The van der Waals surface area contributed by atoms with Crippen molar-refractivity contribution in [1.82, 2.24) is 4.90 Å². The molecule has 3 rings (SSSR count). The highest BCUT2D eigenvalue weighted by Gasteiger charge is 2.41. The molecule has 1 heterocycles. The fourth-order valence-corrected chi connectivity index (χ4v) is 3.43. The van der Waals surface area contributed by atoms with E-state index in [1.165, 1.54) is 4.90 Å². The molecule has 0 atom stereocenters. The molecule has 0 saturated carbocycles. The number of benzene rings is 2. The molecule has 1 aliphatic rings. The second-order valence-electron chi connectivity index (χ2n) is 7.03.